The fourth-order valence-electron chi connectivity index (χ4n) is 1.93. The second-order valence-electron chi connectivity index (χ2n) is 3.51. The van der Waals surface area contributed by atoms with Gasteiger partial charge in [-0.2, -0.15) is 0 Å². The quantitative estimate of drug-likeness (QED) is 0.679. The van der Waals surface area contributed by atoms with Crippen molar-refractivity contribution in [1.82, 2.24) is 4.57 Å². The minimum atomic E-state index is -0.330. The summed E-state index contributed by atoms with van der Waals surface area (Å²) in [6, 6.07) is 3.00. The third-order valence-corrected chi connectivity index (χ3v) is 2.59. The van der Waals surface area contributed by atoms with Crippen LogP contribution in [0.15, 0.2) is 16.9 Å². The lowest BCUT2D eigenvalue weighted by atomic mass is 10.1. The second-order valence-corrected chi connectivity index (χ2v) is 3.51. The average Bonchev–Trinajstić information content (AvgIpc) is 2.68. The molecule has 0 atom stereocenters. The van der Waals surface area contributed by atoms with E-state index < -0.39 is 0 Å². The van der Waals surface area contributed by atoms with E-state index in [0.29, 0.717) is 18.7 Å². The molecule has 0 N–H and O–H groups in total. The van der Waals surface area contributed by atoms with Crippen LogP contribution in [0.1, 0.15) is 29.4 Å². The lowest BCUT2D eigenvalue weighted by Crippen LogP contribution is -2.21. The van der Waals surface area contributed by atoms with Gasteiger partial charge in [-0.3, -0.25) is 4.79 Å². The minimum absolute atomic E-state index is 0.0319. The van der Waals surface area contributed by atoms with E-state index >= 15 is 0 Å². The largest absolute Gasteiger partial charge is 0.462 e. The van der Waals surface area contributed by atoms with Gasteiger partial charge in [0, 0.05) is 18.3 Å². The maximum Gasteiger partial charge on any atom is 0.339 e. The fourth-order valence-corrected chi connectivity index (χ4v) is 1.93. The number of carbonyl (C=O) groups is 1. The number of hydrogen-bond donors (Lipinski definition) is 0. The topological polar surface area (TPSA) is 48.3 Å². The Balaban J connectivity index is 2.46. The Morgan fingerprint density at radius 3 is 3.07 bits per heavy atom. The van der Waals surface area contributed by atoms with Crippen molar-refractivity contribution < 1.29 is 9.53 Å². The molecule has 2 heterocycles. The van der Waals surface area contributed by atoms with Crippen molar-refractivity contribution in [2.45, 2.75) is 26.3 Å². The van der Waals surface area contributed by atoms with E-state index in [4.69, 9.17) is 4.74 Å². The van der Waals surface area contributed by atoms with Crippen LogP contribution in [0.5, 0.6) is 0 Å². The lowest BCUT2D eigenvalue weighted by Gasteiger charge is -2.08. The van der Waals surface area contributed by atoms with Gasteiger partial charge in [-0.05, 0) is 25.8 Å². The van der Waals surface area contributed by atoms with E-state index in [9.17, 15) is 9.59 Å². The first-order valence-electron chi connectivity index (χ1n) is 5.14. The predicted molar refractivity (Wildman–Crippen MR) is 55.0 cm³/mol. The number of nitrogens with zero attached hydrogens (tertiary/aromatic N) is 1. The standard InChI is InChI=1S/C11H13NO3/c1-2-15-11(14)8-5-6-10(13)12-7-3-4-9(8)12/h5-6H,2-4,7H2,1H3. The molecule has 0 unspecified atom stereocenters. The van der Waals surface area contributed by atoms with Crippen LogP contribution in [0.4, 0.5) is 0 Å². The molecule has 0 spiro atoms. The average molecular weight is 207 g/mol. The highest BCUT2D eigenvalue weighted by molar-refractivity contribution is 5.90. The number of esters is 1. The number of aromatic nitrogens is 1. The second kappa shape index (κ2) is 3.88. The number of hydrogen-bond acceptors (Lipinski definition) is 3. The molecule has 0 bridgehead atoms. The monoisotopic (exact) mass is 207 g/mol. The van der Waals surface area contributed by atoms with E-state index in [2.05, 4.69) is 0 Å². The molecular formula is C11H13NO3. The van der Waals surface area contributed by atoms with Crippen LogP contribution in [0, 0.1) is 0 Å². The zero-order chi connectivity index (χ0) is 10.8. The summed E-state index contributed by atoms with van der Waals surface area (Å²) in [6.07, 6.45) is 1.70. The summed E-state index contributed by atoms with van der Waals surface area (Å²) in [5.74, 6) is -0.330. The molecule has 4 heteroatoms. The maximum atomic E-state index is 11.6. The number of fused-ring (bicyclic) bond motifs is 1. The highest BCUT2D eigenvalue weighted by Gasteiger charge is 2.20. The molecule has 2 rings (SSSR count). The summed E-state index contributed by atoms with van der Waals surface area (Å²) in [4.78, 5) is 23.0. The van der Waals surface area contributed by atoms with Crippen molar-refractivity contribution in [3.8, 4) is 0 Å². The summed E-state index contributed by atoms with van der Waals surface area (Å²) in [6.45, 7) is 2.84. The molecule has 1 aliphatic heterocycles. The Labute approximate surface area is 87.5 Å². The van der Waals surface area contributed by atoms with Gasteiger partial charge in [-0.15, -0.1) is 0 Å². The normalized spacial score (nSPS) is 13.7. The molecule has 4 nitrogen and oxygen atoms in total. The maximum absolute atomic E-state index is 11.6. The summed E-state index contributed by atoms with van der Waals surface area (Å²) in [5.41, 5.74) is 1.32. The summed E-state index contributed by atoms with van der Waals surface area (Å²) < 4.78 is 6.60. The molecule has 1 aliphatic rings. The Hall–Kier alpha value is -1.58. The predicted octanol–water partition coefficient (Wildman–Crippen LogP) is 0.971. The third-order valence-electron chi connectivity index (χ3n) is 2.59. The Kier molecular flexibility index (Phi) is 2.58. The van der Waals surface area contributed by atoms with Crippen LogP contribution in [0.3, 0.4) is 0 Å². The zero-order valence-corrected chi connectivity index (χ0v) is 8.66. The minimum Gasteiger partial charge on any atom is -0.462 e. The van der Waals surface area contributed by atoms with Crippen LogP contribution in [0.2, 0.25) is 0 Å². The van der Waals surface area contributed by atoms with Crippen molar-refractivity contribution >= 4 is 5.97 Å². The fraction of sp³-hybridized carbons (Fsp3) is 0.455. The smallest absolute Gasteiger partial charge is 0.339 e. The van der Waals surface area contributed by atoms with Gasteiger partial charge < -0.3 is 9.30 Å². The van der Waals surface area contributed by atoms with E-state index in [1.54, 1.807) is 17.6 Å². The Morgan fingerprint density at radius 1 is 1.53 bits per heavy atom. The number of ether oxygens (including phenoxy) is 1. The van der Waals surface area contributed by atoms with Crippen molar-refractivity contribution in [2.75, 3.05) is 6.61 Å². The first-order chi connectivity index (χ1) is 7.24. The van der Waals surface area contributed by atoms with Gasteiger partial charge in [0.1, 0.15) is 0 Å². The van der Waals surface area contributed by atoms with Crippen LogP contribution < -0.4 is 5.56 Å². The highest BCUT2D eigenvalue weighted by Crippen LogP contribution is 2.17. The van der Waals surface area contributed by atoms with Crippen molar-refractivity contribution in [3.05, 3.63) is 33.7 Å². The number of pyridine rings is 1. The zero-order valence-electron chi connectivity index (χ0n) is 8.66. The van der Waals surface area contributed by atoms with Crippen LogP contribution in [0.25, 0.3) is 0 Å². The van der Waals surface area contributed by atoms with E-state index in [1.165, 1.54) is 6.07 Å². The molecule has 1 aromatic heterocycles. The number of rotatable bonds is 2. The van der Waals surface area contributed by atoms with Crippen molar-refractivity contribution in [1.29, 1.82) is 0 Å². The summed E-state index contributed by atoms with van der Waals surface area (Å²) >= 11 is 0. The molecule has 0 amide bonds. The van der Waals surface area contributed by atoms with Crippen molar-refractivity contribution in [2.24, 2.45) is 0 Å². The molecule has 0 aromatic carbocycles. The van der Waals surface area contributed by atoms with Gasteiger partial charge in [-0.25, -0.2) is 4.79 Å². The summed E-state index contributed by atoms with van der Waals surface area (Å²) in [7, 11) is 0. The Morgan fingerprint density at radius 2 is 2.33 bits per heavy atom. The van der Waals surface area contributed by atoms with Crippen LogP contribution >= 0.6 is 0 Å². The van der Waals surface area contributed by atoms with Crippen LogP contribution in [-0.2, 0) is 17.7 Å². The van der Waals surface area contributed by atoms with Gasteiger partial charge in [0.25, 0.3) is 5.56 Å². The molecule has 1 aromatic rings. The first-order valence-corrected chi connectivity index (χ1v) is 5.14. The van der Waals surface area contributed by atoms with Gasteiger partial charge in [-0.1, -0.05) is 0 Å². The van der Waals surface area contributed by atoms with E-state index in [1.807, 2.05) is 0 Å². The molecular weight excluding hydrogens is 194 g/mol. The van der Waals surface area contributed by atoms with E-state index in [0.717, 1.165) is 18.5 Å². The first kappa shape index (κ1) is 9.96. The lowest BCUT2D eigenvalue weighted by molar-refractivity contribution is 0.0524. The molecule has 0 saturated heterocycles. The molecule has 0 radical (unpaired) electrons. The third kappa shape index (κ3) is 1.67. The van der Waals surface area contributed by atoms with Crippen molar-refractivity contribution in [3.63, 3.8) is 0 Å². The molecule has 80 valence electrons. The Bertz CT molecular complexity index is 448. The van der Waals surface area contributed by atoms with Gasteiger partial charge in [0.05, 0.1) is 12.2 Å². The van der Waals surface area contributed by atoms with Gasteiger partial charge in [0.2, 0.25) is 0 Å². The summed E-state index contributed by atoms with van der Waals surface area (Å²) in [5, 5.41) is 0. The van der Waals surface area contributed by atoms with Gasteiger partial charge in [0.15, 0.2) is 0 Å². The molecule has 15 heavy (non-hydrogen) atoms. The molecule has 0 fully saturated rings. The van der Waals surface area contributed by atoms with Gasteiger partial charge >= 0.3 is 5.97 Å². The SMILES string of the molecule is CCOC(=O)c1ccc(=O)n2c1CCC2. The molecule has 0 aliphatic carbocycles. The van der Waals surface area contributed by atoms with Crippen LogP contribution in [-0.4, -0.2) is 17.1 Å². The highest BCUT2D eigenvalue weighted by atomic mass is 16.5. The molecule has 0 saturated carbocycles. The van der Waals surface area contributed by atoms with E-state index in [-0.39, 0.29) is 11.5 Å². The number of carbonyl (C=O) groups excluding carboxylic acids is 1.